The molecule has 66 valence electrons. The first-order chi connectivity index (χ1) is 5.52. The van der Waals surface area contributed by atoms with Gasteiger partial charge in [0.05, 0.1) is 5.69 Å². The largest absolute Gasteiger partial charge is 0.399 e. The third kappa shape index (κ3) is 2.15. The molecule has 0 aliphatic carbocycles. The maximum Gasteiger partial charge on any atom is 0.0633 e. The Balaban J connectivity index is 3.28. The van der Waals surface area contributed by atoms with Crippen LogP contribution >= 0.6 is 45.2 Å². The Morgan fingerprint density at radius 2 is 1.58 bits per heavy atom. The molecule has 0 amide bonds. The first kappa shape index (κ1) is 10.4. The second-order valence-corrected chi connectivity index (χ2v) is 5.05. The van der Waals surface area contributed by atoms with Crippen LogP contribution in [0.3, 0.4) is 0 Å². The molecule has 0 radical (unpaired) electrons. The normalized spacial score (nSPS) is 10.0. The van der Waals surface area contributed by atoms with E-state index in [-0.39, 0.29) is 0 Å². The van der Waals surface area contributed by atoms with Gasteiger partial charge < -0.3 is 10.6 Å². The number of benzene rings is 1. The van der Waals surface area contributed by atoms with E-state index in [1.165, 1.54) is 12.8 Å². The van der Waals surface area contributed by atoms with Crippen molar-refractivity contribution >= 4 is 56.6 Å². The van der Waals surface area contributed by atoms with Crippen molar-refractivity contribution in [1.82, 2.24) is 0 Å². The summed E-state index contributed by atoms with van der Waals surface area (Å²) < 4.78 is 2.39. The van der Waals surface area contributed by atoms with Crippen molar-refractivity contribution in [2.45, 2.75) is 0 Å². The fraction of sp³-hybridized carbons (Fsp3) is 0.250. The summed E-state index contributed by atoms with van der Waals surface area (Å²) in [5.74, 6) is 0. The van der Waals surface area contributed by atoms with Crippen LogP contribution in [0.4, 0.5) is 11.4 Å². The molecular weight excluding hydrogens is 378 g/mol. The molecule has 1 aromatic rings. The second kappa shape index (κ2) is 3.99. The predicted molar refractivity (Wildman–Crippen MR) is 70.6 cm³/mol. The number of hydrogen-bond donors (Lipinski definition) is 1. The predicted octanol–water partition coefficient (Wildman–Crippen LogP) is 2.54. The monoisotopic (exact) mass is 388 g/mol. The minimum Gasteiger partial charge on any atom is -0.399 e. The Morgan fingerprint density at radius 1 is 1.17 bits per heavy atom. The molecule has 12 heavy (non-hydrogen) atoms. The molecule has 0 aliphatic rings. The summed E-state index contributed by atoms with van der Waals surface area (Å²) in [7, 11) is 4.08. The summed E-state index contributed by atoms with van der Waals surface area (Å²) in [6, 6.07) is 3.97. The molecule has 2 N–H and O–H groups in total. The van der Waals surface area contributed by atoms with Crippen LogP contribution in [0, 0.1) is 7.14 Å². The maximum absolute atomic E-state index is 5.70. The molecular formula is C8H10I2N2. The molecule has 0 fully saturated rings. The van der Waals surface area contributed by atoms with Crippen LogP contribution < -0.4 is 10.6 Å². The van der Waals surface area contributed by atoms with Gasteiger partial charge in [-0.05, 0) is 57.3 Å². The van der Waals surface area contributed by atoms with E-state index in [0.29, 0.717) is 0 Å². The van der Waals surface area contributed by atoms with Crippen molar-refractivity contribution in [3.63, 3.8) is 0 Å². The summed E-state index contributed by atoms with van der Waals surface area (Å²) in [6.07, 6.45) is 0. The van der Waals surface area contributed by atoms with Gasteiger partial charge in [-0.15, -0.1) is 0 Å². The fourth-order valence-corrected chi connectivity index (χ4v) is 3.79. The average molecular weight is 388 g/mol. The van der Waals surface area contributed by atoms with Gasteiger partial charge in [0.15, 0.2) is 0 Å². The van der Waals surface area contributed by atoms with Crippen LogP contribution in [-0.2, 0) is 0 Å². The van der Waals surface area contributed by atoms with Crippen LogP contribution in [0.2, 0.25) is 0 Å². The standard InChI is InChI=1S/C8H10I2N2/c1-12(2)8-6(9)3-5(11)4-7(8)10/h3-4H,11H2,1-2H3. The zero-order valence-electron chi connectivity index (χ0n) is 6.94. The summed E-state index contributed by atoms with van der Waals surface area (Å²) in [4.78, 5) is 2.10. The van der Waals surface area contributed by atoms with E-state index in [2.05, 4.69) is 50.1 Å². The highest BCUT2D eigenvalue weighted by atomic mass is 127. The lowest BCUT2D eigenvalue weighted by Gasteiger charge is -2.17. The van der Waals surface area contributed by atoms with E-state index in [1.54, 1.807) is 0 Å². The highest BCUT2D eigenvalue weighted by Crippen LogP contribution is 2.29. The lowest BCUT2D eigenvalue weighted by Crippen LogP contribution is -2.12. The lowest BCUT2D eigenvalue weighted by atomic mass is 10.3. The highest BCUT2D eigenvalue weighted by Gasteiger charge is 2.07. The molecule has 0 aromatic heterocycles. The summed E-state index contributed by atoms with van der Waals surface area (Å²) in [6.45, 7) is 0. The van der Waals surface area contributed by atoms with Crippen molar-refractivity contribution in [2.24, 2.45) is 0 Å². The number of anilines is 2. The molecule has 0 spiro atoms. The maximum atomic E-state index is 5.70. The Kier molecular flexibility index (Phi) is 3.45. The Hall–Kier alpha value is 0.280. The van der Waals surface area contributed by atoms with Gasteiger partial charge >= 0.3 is 0 Å². The van der Waals surface area contributed by atoms with E-state index in [0.717, 1.165) is 5.69 Å². The quantitative estimate of drug-likeness (QED) is 0.592. The number of hydrogen-bond acceptors (Lipinski definition) is 2. The number of nitrogens with zero attached hydrogens (tertiary/aromatic N) is 1. The van der Waals surface area contributed by atoms with E-state index < -0.39 is 0 Å². The highest BCUT2D eigenvalue weighted by molar-refractivity contribution is 14.1. The van der Waals surface area contributed by atoms with Crippen molar-refractivity contribution in [3.05, 3.63) is 19.3 Å². The number of nitrogens with two attached hydrogens (primary N) is 1. The first-order valence-electron chi connectivity index (χ1n) is 3.44. The second-order valence-electron chi connectivity index (χ2n) is 2.73. The first-order valence-corrected chi connectivity index (χ1v) is 5.60. The zero-order valence-corrected chi connectivity index (χ0v) is 11.3. The van der Waals surface area contributed by atoms with Crippen molar-refractivity contribution in [1.29, 1.82) is 0 Å². The van der Waals surface area contributed by atoms with Gasteiger partial charge in [0.1, 0.15) is 0 Å². The molecule has 0 atom stereocenters. The number of halogens is 2. The Morgan fingerprint density at radius 3 is 1.92 bits per heavy atom. The van der Waals surface area contributed by atoms with Crippen LogP contribution in [0.15, 0.2) is 12.1 Å². The average Bonchev–Trinajstić information content (AvgIpc) is 1.82. The van der Waals surface area contributed by atoms with Gasteiger partial charge in [-0.1, -0.05) is 0 Å². The van der Waals surface area contributed by atoms with Crippen LogP contribution in [-0.4, -0.2) is 14.1 Å². The number of rotatable bonds is 1. The molecule has 4 heteroatoms. The summed E-state index contributed by atoms with van der Waals surface area (Å²) in [5.41, 5.74) is 7.77. The molecule has 2 nitrogen and oxygen atoms in total. The van der Waals surface area contributed by atoms with Crippen molar-refractivity contribution in [3.8, 4) is 0 Å². The third-order valence-electron chi connectivity index (χ3n) is 1.49. The SMILES string of the molecule is CN(C)c1c(I)cc(N)cc1I. The molecule has 0 unspecified atom stereocenters. The van der Waals surface area contributed by atoms with Gasteiger partial charge in [-0.25, -0.2) is 0 Å². The van der Waals surface area contributed by atoms with E-state index >= 15 is 0 Å². The van der Waals surface area contributed by atoms with E-state index in [9.17, 15) is 0 Å². The molecule has 0 heterocycles. The molecule has 0 aliphatic heterocycles. The summed E-state index contributed by atoms with van der Waals surface area (Å²) in [5, 5.41) is 0. The number of nitrogen functional groups attached to an aromatic ring is 1. The zero-order chi connectivity index (χ0) is 9.30. The Bertz CT molecular complexity index is 274. The van der Waals surface area contributed by atoms with E-state index in [1.807, 2.05) is 26.2 Å². The van der Waals surface area contributed by atoms with Gasteiger partial charge in [-0.3, -0.25) is 0 Å². The molecule has 0 saturated heterocycles. The minimum absolute atomic E-state index is 0.828. The molecule has 0 bridgehead atoms. The van der Waals surface area contributed by atoms with Gasteiger partial charge in [-0.2, -0.15) is 0 Å². The Labute approximate surface area is 99.8 Å². The topological polar surface area (TPSA) is 29.3 Å². The smallest absolute Gasteiger partial charge is 0.0633 e. The van der Waals surface area contributed by atoms with E-state index in [4.69, 9.17) is 5.73 Å². The van der Waals surface area contributed by atoms with Gasteiger partial charge in [0.2, 0.25) is 0 Å². The lowest BCUT2D eigenvalue weighted by molar-refractivity contribution is 1.12. The molecule has 1 rings (SSSR count). The minimum atomic E-state index is 0.828. The van der Waals surface area contributed by atoms with Gasteiger partial charge in [0.25, 0.3) is 0 Å². The van der Waals surface area contributed by atoms with Crippen LogP contribution in [0.25, 0.3) is 0 Å². The fourth-order valence-electron chi connectivity index (χ4n) is 1.01. The van der Waals surface area contributed by atoms with Crippen molar-refractivity contribution < 1.29 is 0 Å². The summed E-state index contributed by atoms with van der Waals surface area (Å²) >= 11 is 4.60. The molecule has 0 saturated carbocycles. The van der Waals surface area contributed by atoms with Crippen molar-refractivity contribution in [2.75, 3.05) is 24.7 Å². The molecule has 1 aromatic carbocycles. The third-order valence-corrected chi connectivity index (χ3v) is 3.13. The van der Waals surface area contributed by atoms with Crippen LogP contribution in [0.1, 0.15) is 0 Å². The van der Waals surface area contributed by atoms with Crippen LogP contribution in [0.5, 0.6) is 0 Å². The van der Waals surface area contributed by atoms with Gasteiger partial charge in [0, 0.05) is 26.9 Å².